The van der Waals surface area contributed by atoms with E-state index < -0.39 is 0 Å². The van der Waals surface area contributed by atoms with E-state index in [4.69, 9.17) is 0 Å². The minimum atomic E-state index is 0.0108. The lowest BCUT2D eigenvalue weighted by atomic mass is 9.98. The van der Waals surface area contributed by atoms with Crippen LogP contribution in [0, 0.1) is 6.92 Å². The Labute approximate surface area is 142 Å². The van der Waals surface area contributed by atoms with Gasteiger partial charge in [-0.3, -0.25) is 9.59 Å². The molecule has 4 heteroatoms. The van der Waals surface area contributed by atoms with Crippen molar-refractivity contribution in [1.82, 2.24) is 5.32 Å². The first-order valence-electron chi connectivity index (χ1n) is 8.23. The van der Waals surface area contributed by atoms with Crippen LogP contribution in [0.2, 0.25) is 0 Å². The Balaban J connectivity index is 1.62. The lowest BCUT2D eigenvalue weighted by Crippen LogP contribution is -2.31. The summed E-state index contributed by atoms with van der Waals surface area (Å²) in [6, 6.07) is 14.0. The van der Waals surface area contributed by atoms with Crippen molar-refractivity contribution in [3.8, 4) is 0 Å². The minimum absolute atomic E-state index is 0.0108. The minimum Gasteiger partial charge on any atom is -0.352 e. The molecule has 0 aliphatic carbocycles. The van der Waals surface area contributed by atoms with Crippen molar-refractivity contribution in [1.29, 1.82) is 0 Å². The maximum Gasteiger partial charge on any atom is 0.227 e. The van der Waals surface area contributed by atoms with E-state index in [2.05, 4.69) is 11.4 Å². The average Bonchev–Trinajstić information content (AvgIpc) is 2.57. The molecule has 1 heterocycles. The van der Waals surface area contributed by atoms with Crippen LogP contribution in [-0.2, 0) is 29.0 Å². The van der Waals surface area contributed by atoms with E-state index in [9.17, 15) is 9.59 Å². The first kappa shape index (κ1) is 16.2. The molecule has 0 bridgehead atoms. The zero-order valence-electron chi connectivity index (χ0n) is 14.1. The Kier molecular flexibility index (Phi) is 4.65. The summed E-state index contributed by atoms with van der Waals surface area (Å²) in [5, 5.41) is 2.97. The lowest BCUT2D eigenvalue weighted by Gasteiger charge is -2.26. The molecule has 0 aromatic heterocycles. The van der Waals surface area contributed by atoms with E-state index in [1.54, 1.807) is 11.9 Å². The Morgan fingerprint density at radius 2 is 1.96 bits per heavy atom. The van der Waals surface area contributed by atoms with Gasteiger partial charge in [-0.1, -0.05) is 42.0 Å². The third-order valence-corrected chi connectivity index (χ3v) is 4.42. The number of carbonyl (C=O) groups is 2. The molecule has 0 saturated heterocycles. The van der Waals surface area contributed by atoms with Gasteiger partial charge in [0.2, 0.25) is 11.8 Å². The molecule has 24 heavy (non-hydrogen) atoms. The van der Waals surface area contributed by atoms with Gasteiger partial charge in [0.15, 0.2) is 0 Å². The molecule has 0 fully saturated rings. The number of anilines is 1. The molecule has 3 rings (SSSR count). The number of nitrogens with one attached hydrogen (secondary N) is 1. The van der Waals surface area contributed by atoms with Crippen LogP contribution in [0.4, 0.5) is 5.69 Å². The molecule has 1 aliphatic heterocycles. The number of hydrogen-bond acceptors (Lipinski definition) is 2. The van der Waals surface area contributed by atoms with Gasteiger partial charge in [-0.2, -0.15) is 0 Å². The predicted molar refractivity (Wildman–Crippen MR) is 94.9 cm³/mol. The first-order valence-corrected chi connectivity index (χ1v) is 8.23. The summed E-state index contributed by atoms with van der Waals surface area (Å²) < 4.78 is 0. The second kappa shape index (κ2) is 6.87. The van der Waals surface area contributed by atoms with E-state index in [0.29, 0.717) is 19.4 Å². The normalized spacial score (nSPS) is 13.6. The van der Waals surface area contributed by atoms with Crippen molar-refractivity contribution in [2.45, 2.75) is 32.7 Å². The molecule has 0 saturated carbocycles. The molecule has 124 valence electrons. The Hall–Kier alpha value is -2.62. The molecule has 1 N–H and O–H groups in total. The number of fused-ring (bicyclic) bond motifs is 1. The predicted octanol–water partition coefficient (Wildman–Crippen LogP) is 2.76. The summed E-state index contributed by atoms with van der Waals surface area (Å²) in [6.07, 6.45) is 1.64. The van der Waals surface area contributed by atoms with Gasteiger partial charge in [-0.05, 0) is 36.1 Å². The Bertz CT molecular complexity index is 783. The summed E-state index contributed by atoms with van der Waals surface area (Å²) in [7, 11) is 1.80. The fourth-order valence-electron chi connectivity index (χ4n) is 3.09. The number of rotatable bonds is 4. The van der Waals surface area contributed by atoms with E-state index in [1.807, 2.05) is 43.3 Å². The summed E-state index contributed by atoms with van der Waals surface area (Å²) in [5.41, 5.74) is 5.37. The van der Waals surface area contributed by atoms with Crippen LogP contribution in [-0.4, -0.2) is 18.9 Å². The molecule has 0 spiro atoms. The number of benzene rings is 2. The highest BCUT2D eigenvalue weighted by Gasteiger charge is 2.20. The van der Waals surface area contributed by atoms with Crippen LogP contribution in [0.5, 0.6) is 0 Å². The largest absolute Gasteiger partial charge is 0.352 e. The SMILES string of the molecule is Cc1cccc(CNC(=O)Cc2ccc3c(c2)CCC(=O)N3C)c1. The highest BCUT2D eigenvalue weighted by Crippen LogP contribution is 2.27. The van der Waals surface area contributed by atoms with Gasteiger partial charge in [-0.25, -0.2) is 0 Å². The molecular weight excluding hydrogens is 300 g/mol. The van der Waals surface area contributed by atoms with Crippen molar-refractivity contribution in [3.63, 3.8) is 0 Å². The van der Waals surface area contributed by atoms with Crippen molar-refractivity contribution >= 4 is 17.5 Å². The monoisotopic (exact) mass is 322 g/mol. The van der Waals surface area contributed by atoms with Crippen LogP contribution in [0.25, 0.3) is 0 Å². The number of aryl methyl sites for hydroxylation is 2. The summed E-state index contributed by atoms with van der Waals surface area (Å²) in [4.78, 5) is 25.6. The Morgan fingerprint density at radius 1 is 1.12 bits per heavy atom. The second-order valence-corrected chi connectivity index (χ2v) is 6.36. The molecule has 0 atom stereocenters. The maximum absolute atomic E-state index is 12.2. The molecule has 2 amide bonds. The van der Waals surface area contributed by atoms with Crippen LogP contribution in [0.15, 0.2) is 42.5 Å². The third kappa shape index (κ3) is 3.65. The smallest absolute Gasteiger partial charge is 0.227 e. The van der Waals surface area contributed by atoms with Crippen molar-refractivity contribution < 1.29 is 9.59 Å². The standard InChI is InChI=1S/C20H22N2O2/c1-14-4-3-5-16(10-14)13-21-19(23)12-15-6-8-18-17(11-15)7-9-20(24)22(18)2/h3-6,8,10-11H,7,9,12-13H2,1-2H3,(H,21,23). The van der Waals surface area contributed by atoms with Gasteiger partial charge in [0.25, 0.3) is 0 Å². The molecule has 2 aromatic rings. The number of nitrogens with zero attached hydrogens (tertiary/aromatic N) is 1. The zero-order valence-corrected chi connectivity index (χ0v) is 14.1. The number of amides is 2. The van der Waals surface area contributed by atoms with Gasteiger partial charge in [0.1, 0.15) is 0 Å². The molecule has 2 aromatic carbocycles. The fourth-order valence-corrected chi connectivity index (χ4v) is 3.09. The average molecular weight is 322 g/mol. The van der Waals surface area contributed by atoms with Crippen LogP contribution < -0.4 is 10.2 Å². The highest BCUT2D eigenvalue weighted by molar-refractivity contribution is 5.96. The van der Waals surface area contributed by atoms with Crippen molar-refractivity contribution in [3.05, 3.63) is 64.7 Å². The third-order valence-electron chi connectivity index (χ3n) is 4.42. The Morgan fingerprint density at radius 3 is 2.75 bits per heavy atom. The number of carbonyl (C=O) groups excluding carboxylic acids is 2. The summed E-state index contributed by atoms with van der Waals surface area (Å²) in [5.74, 6) is 0.155. The van der Waals surface area contributed by atoms with Gasteiger partial charge in [0.05, 0.1) is 6.42 Å². The van der Waals surface area contributed by atoms with E-state index in [0.717, 1.165) is 28.8 Å². The molecule has 1 aliphatic rings. The van der Waals surface area contributed by atoms with Crippen molar-refractivity contribution in [2.75, 3.05) is 11.9 Å². The maximum atomic E-state index is 12.2. The van der Waals surface area contributed by atoms with Gasteiger partial charge >= 0.3 is 0 Å². The van der Waals surface area contributed by atoms with Gasteiger partial charge < -0.3 is 10.2 Å². The molecule has 4 nitrogen and oxygen atoms in total. The first-order chi connectivity index (χ1) is 11.5. The molecule has 0 radical (unpaired) electrons. The topological polar surface area (TPSA) is 49.4 Å². The summed E-state index contributed by atoms with van der Waals surface area (Å²) in [6.45, 7) is 2.59. The zero-order chi connectivity index (χ0) is 17.1. The van der Waals surface area contributed by atoms with Crippen LogP contribution in [0.3, 0.4) is 0 Å². The fraction of sp³-hybridized carbons (Fsp3) is 0.300. The van der Waals surface area contributed by atoms with Crippen LogP contribution >= 0.6 is 0 Å². The van der Waals surface area contributed by atoms with E-state index in [-0.39, 0.29) is 11.8 Å². The quantitative estimate of drug-likeness (QED) is 0.941. The van der Waals surface area contributed by atoms with Gasteiger partial charge in [0, 0.05) is 25.7 Å². The lowest BCUT2D eigenvalue weighted by molar-refractivity contribution is -0.120. The molecule has 0 unspecified atom stereocenters. The summed E-state index contributed by atoms with van der Waals surface area (Å²) >= 11 is 0. The number of hydrogen-bond donors (Lipinski definition) is 1. The van der Waals surface area contributed by atoms with E-state index >= 15 is 0 Å². The second-order valence-electron chi connectivity index (χ2n) is 6.36. The highest BCUT2D eigenvalue weighted by atomic mass is 16.2. The van der Waals surface area contributed by atoms with E-state index in [1.165, 1.54) is 5.56 Å². The van der Waals surface area contributed by atoms with Crippen LogP contribution in [0.1, 0.15) is 28.7 Å². The molecular formula is C20H22N2O2. The van der Waals surface area contributed by atoms with Gasteiger partial charge in [-0.15, -0.1) is 0 Å². The van der Waals surface area contributed by atoms with Crippen molar-refractivity contribution in [2.24, 2.45) is 0 Å².